The number of benzene rings is 2. The molecule has 0 aromatic heterocycles. The summed E-state index contributed by atoms with van der Waals surface area (Å²) in [5.74, 6) is -1.45. The molecule has 0 aliphatic heterocycles. The van der Waals surface area contributed by atoms with Crippen LogP contribution >= 0.6 is 0 Å². The maximum Gasteiger partial charge on any atom is 0.416 e. The largest absolute Gasteiger partial charge is 0.416 e. The van der Waals surface area contributed by atoms with Crippen molar-refractivity contribution >= 4 is 0 Å². The molecule has 2 aromatic carbocycles. The van der Waals surface area contributed by atoms with E-state index in [-0.39, 0.29) is 5.56 Å². The Balaban J connectivity index is 2.60. The van der Waals surface area contributed by atoms with E-state index in [0.717, 1.165) is 18.2 Å². The van der Waals surface area contributed by atoms with Gasteiger partial charge in [0, 0.05) is 0 Å². The Labute approximate surface area is 118 Å². The third kappa shape index (κ3) is 3.21. The van der Waals surface area contributed by atoms with Crippen LogP contribution in [0.4, 0.5) is 22.0 Å². The average Bonchev–Trinajstić information content (AvgIpc) is 2.39. The van der Waals surface area contributed by atoms with E-state index in [9.17, 15) is 22.0 Å². The van der Waals surface area contributed by atoms with Gasteiger partial charge in [0.1, 0.15) is 11.6 Å². The summed E-state index contributed by atoms with van der Waals surface area (Å²) in [6.45, 7) is 1.60. The Morgan fingerprint density at radius 1 is 0.905 bits per heavy atom. The van der Waals surface area contributed by atoms with Crippen molar-refractivity contribution in [2.24, 2.45) is 5.73 Å². The molecule has 112 valence electrons. The van der Waals surface area contributed by atoms with Crippen molar-refractivity contribution in [2.75, 3.05) is 0 Å². The van der Waals surface area contributed by atoms with Gasteiger partial charge in [-0.05, 0) is 53.9 Å². The fourth-order valence-corrected chi connectivity index (χ4v) is 2.16. The van der Waals surface area contributed by atoms with Crippen LogP contribution in [0, 0.1) is 18.6 Å². The SMILES string of the molecule is Cc1ccc(F)cc1C(N)c1cc(F)ccc1C(F)(F)F. The molecule has 2 rings (SSSR count). The second-order valence-electron chi connectivity index (χ2n) is 4.71. The van der Waals surface area contributed by atoms with E-state index in [1.807, 2.05) is 0 Å². The normalized spacial score (nSPS) is 13.3. The van der Waals surface area contributed by atoms with Crippen LogP contribution < -0.4 is 5.73 Å². The highest BCUT2D eigenvalue weighted by molar-refractivity contribution is 5.41. The summed E-state index contributed by atoms with van der Waals surface area (Å²) in [6.07, 6.45) is -4.66. The molecule has 1 unspecified atom stereocenters. The number of hydrogen-bond donors (Lipinski definition) is 1. The third-order valence-corrected chi connectivity index (χ3v) is 3.23. The fraction of sp³-hybridized carbons (Fsp3) is 0.200. The number of hydrogen-bond acceptors (Lipinski definition) is 1. The average molecular weight is 301 g/mol. The van der Waals surface area contributed by atoms with Crippen LogP contribution in [0.1, 0.15) is 28.3 Å². The van der Waals surface area contributed by atoms with Crippen molar-refractivity contribution in [3.05, 3.63) is 70.3 Å². The second kappa shape index (κ2) is 5.44. The van der Waals surface area contributed by atoms with Gasteiger partial charge >= 0.3 is 6.18 Å². The van der Waals surface area contributed by atoms with Gasteiger partial charge in [-0.25, -0.2) is 8.78 Å². The van der Waals surface area contributed by atoms with E-state index in [4.69, 9.17) is 5.73 Å². The lowest BCUT2D eigenvalue weighted by molar-refractivity contribution is -0.138. The molecule has 0 saturated carbocycles. The van der Waals surface area contributed by atoms with Crippen molar-refractivity contribution in [1.29, 1.82) is 0 Å². The monoisotopic (exact) mass is 301 g/mol. The van der Waals surface area contributed by atoms with E-state index < -0.39 is 35.0 Å². The molecule has 21 heavy (non-hydrogen) atoms. The van der Waals surface area contributed by atoms with Gasteiger partial charge in [0.05, 0.1) is 11.6 Å². The zero-order valence-electron chi connectivity index (χ0n) is 11.0. The first-order valence-corrected chi connectivity index (χ1v) is 6.08. The van der Waals surface area contributed by atoms with Crippen molar-refractivity contribution < 1.29 is 22.0 Å². The van der Waals surface area contributed by atoms with Gasteiger partial charge in [-0.15, -0.1) is 0 Å². The van der Waals surface area contributed by atoms with E-state index >= 15 is 0 Å². The summed E-state index contributed by atoms with van der Waals surface area (Å²) in [7, 11) is 0. The van der Waals surface area contributed by atoms with Gasteiger partial charge in [-0.3, -0.25) is 0 Å². The first-order valence-electron chi connectivity index (χ1n) is 6.08. The molecular formula is C15H12F5N. The van der Waals surface area contributed by atoms with Crippen molar-refractivity contribution in [1.82, 2.24) is 0 Å². The smallest absolute Gasteiger partial charge is 0.320 e. The molecule has 0 spiro atoms. The predicted molar refractivity (Wildman–Crippen MR) is 68.6 cm³/mol. The summed E-state index contributed by atoms with van der Waals surface area (Å²) >= 11 is 0. The van der Waals surface area contributed by atoms with Crippen molar-refractivity contribution in [3.63, 3.8) is 0 Å². The molecule has 6 heteroatoms. The summed E-state index contributed by atoms with van der Waals surface area (Å²) in [5.41, 5.74) is 5.09. The molecule has 1 atom stereocenters. The Hall–Kier alpha value is -1.95. The van der Waals surface area contributed by atoms with E-state index in [1.54, 1.807) is 6.92 Å². The van der Waals surface area contributed by atoms with Crippen LogP contribution in [0.25, 0.3) is 0 Å². The standard InChI is InChI=1S/C15H12F5N/c1-8-2-3-9(16)6-11(8)14(21)12-7-10(17)4-5-13(12)15(18,19)20/h2-7,14H,21H2,1H3. The molecule has 2 N–H and O–H groups in total. The molecule has 0 saturated heterocycles. The maximum atomic E-state index is 13.3. The van der Waals surface area contributed by atoms with Crippen molar-refractivity contribution in [2.45, 2.75) is 19.1 Å². The van der Waals surface area contributed by atoms with Crippen LogP contribution in [0.3, 0.4) is 0 Å². The molecule has 0 aliphatic carbocycles. The lowest BCUT2D eigenvalue weighted by Gasteiger charge is -2.20. The van der Waals surface area contributed by atoms with E-state index in [1.165, 1.54) is 12.1 Å². The van der Waals surface area contributed by atoms with Gasteiger partial charge in [-0.1, -0.05) is 6.07 Å². The Morgan fingerprint density at radius 2 is 1.43 bits per heavy atom. The quantitative estimate of drug-likeness (QED) is 0.820. The van der Waals surface area contributed by atoms with Crippen LogP contribution in [0.2, 0.25) is 0 Å². The number of nitrogens with two attached hydrogens (primary N) is 1. The van der Waals surface area contributed by atoms with Crippen LogP contribution in [0.15, 0.2) is 36.4 Å². The maximum absolute atomic E-state index is 13.3. The summed E-state index contributed by atoms with van der Waals surface area (Å²) in [4.78, 5) is 0. The number of alkyl halides is 3. The Bertz CT molecular complexity index is 664. The van der Waals surface area contributed by atoms with Crippen LogP contribution in [-0.4, -0.2) is 0 Å². The molecule has 0 bridgehead atoms. The first-order chi connectivity index (χ1) is 9.70. The highest BCUT2D eigenvalue weighted by atomic mass is 19.4. The van der Waals surface area contributed by atoms with Crippen LogP contribution in [-0.2, 0) is 6.18 Å². The zero-order chi connectivity index (χ0) is 15.8. The van der Waals surface area contributed by atoms with E-state index in [0.29, 0.717) is 11.6 Å². The second-order valence-corrected chi connectivity index (χ2v) is 4.71. The topological polar surface area (TPSA) is 26.0 Å². The molecule has 0 fully saturated rings. The van der Waals surface area contributed by atoms with Gasteiger partial charge in [-0.2, -0.15) is 13.2 Å². The first kappa shape index (κ1) is 15.4. The van der Waals surface area contributed by atoms with Gasteiger partial charge in [0.2, 0.25) is 0 Å². The minimum absolute atomic E-state index is 0.186. The summed E-state index contributed by atoms with van der Waals surface area (Å²) < 4.78 is 65.5. The molecule has 0 radical (unpaired) electrons. The Morgan fingerprint density at radius 3 is 2.00 bits per heavy atom. The molecule has 0 heterocycles. The summed E-state index contributed by atoms with van der Waals surface area (Å²) in [6, 6.07) is 4.48. The lowest BCUT2D eigenvalue weighted by Crippen LogP contribution is -2.19. The number of halogens is 5. The predicted octanol–water partition coefficient (Wildman–Crippen LogP) is 4.34. The molecule has 0 amide bonds. The minimum atomic E-state index is -4.66. The molecule has 0 aliphatic rings. The van der Waals surface area contributed by atoms with Crippen molar-refractivity contribution in [3.8, 4) is 0 Å². The summed E-state index contributed by atoms with van der Waals surface area (Å²) in [5, 5.41) is 0. The molecule has 2 aromatic rings. The van der Waals surface area contributed by atoms with E-state index in [2.05, 4.69) is 0 Å². The lowest BCUT2D eigenvalue weighted by atomic mass is 9.92. The fourth-order valence-electron chi connectivity index (χ4n) is 2.16. The van der Waals surface area contributed by atoms with Gasteiger partial charge < -0.3 is 5.73 Å². The minimum Gasteiger partial charge on any atom is -0.320 e. The molecular weight excluding hydrogens is 289 g/mol. The van der Waals surface area contributed by atoms with Crippen LogP contribution in [0.5, 0.6) is 0 Å². The highest BCUT2D eigenvalue weighted by Gasteiger charge is 2.35. The third-order valence-electron chi connectivity index (χ3n) is 3.23. The van der Waals surface area contributed by atoms with Gasteiger partial charge in [0.25, 0.3) is 0 Å². The zero-order valence-corrected chi connectivity index (χ0v) is 11.0. The van der Waals surface area contributed by atoms with Gasteiger partial charge in [0.15, 0.2) is 0 Å². The number of rotatable bonds is 2. The molecule has 1 nitrogen and oxygen atoms in total. The highest BCUT2D eigenvalue weighted by Crippen LogP contribution is 2.36. The number of aryl methyl sites for hydroxylation is 1. The Kier molecular flexibility index (Phi) is 4.00.